The van der Waals surface area contributed by atoms with Gasteiger partial charge in [-0.05, 0) is 94.2 Å². The van der Waals surface area contributed by atoms with E-state index in [4.69, 9.17) is 91.7 Å². The topological polar surface area (TPSA) is 366 Å². The van der Waals surface area contributed by atoms with Crippen molar-refractivity contribution >= 4 is 47.9 Å². The molecule has 4 amide bonds. The fourth-order valence-corrected chi connectivity index (χ4v) is 10.2. The molecule has 99 heavy (non-hydrogen) atoms. The van der Waals surface area contributed by atoms with Crippen LogP contribution in [0.15, 0.2) is 48.5 Å². The lowest BCUT2D eigenvalue weighted by Crippen LogP contribution is -2.64. The summed E-state index contributed by atoms with van der Waals surface area (Å²) in [5, 5.41) is 13.9. The maximum atomic E-state index is 13.9. The first-order valence-electron chi connectivity index (χ1n) is 32.9. The summed E-state index contributed by atoms with van der Waals surface area (Å²) in [5.74, 6) is -4.69. The fourth-order valence-electron chi connectivity index (χ4n) is 10.2. The smallest absolute Gasteiger partial charge is 0.413 e. The lowest BCUT2D eigenvalue weighted by atomic mass is 9.87. The van der Waals surface area contributed by atoms with Gasteiger partial charge in [0.2, 0.25) is 23.3 Å². The van der Waals surface area contributed by atoms with E-state index < -0.39 is 125 Å². The molecule has 560 valence electrons. The van der Waals surface area contributed by atoms with Gasteiger partial charge in [-0.2, -0.15) is 0 Å². The van der Waals surface area contributed by atoms with Gasteiger partial charge >= 0.3 is 36.1 Å². The summed E-state index contributed by atoms with van der Waals surface area (Å²) in [7, 11) is 2.33. The largest absolute Gasteiger partial charge is 0.479 e. The van der Waals surface area contributed by atoms with Crippen molar-refractivity contribution in [1.29, 1.82) is 0 Å². The first kappa shape index (κ1) is 84.1. The third-order valence-corrected chi connectivity index (χ3v) is 14.6. The van der Waals surface area contributed by atoms with Crippen LogP contribution < -0.4 is 26.6 Å². The second-order valence-corrected chi connectivity index (χ2v) is 26.1. The van der Waals surface area contributed by atoms with E-state index in [2.05, 4.69) is 45.7 Å². The number of nitrogens with one attached hydrogen (secondary N) is 5. The van der Waals surface area contributed by atoms with Crippen molar-refractivity contribution in [3.05, 3.63) is 48.5 Å². The molecule has 0 spiro atoms. The highest BCUT2D eigenvalue weighted by Crippen LogP contribution is 2.36. The molecule has 0 aromatic carbocycles. The lowest BCUT2D eigenvalue weighted by molar-refractivity contribution is -0.190. The number of hydrogen-bond donors (Lipinski definition) is 5. The molecular formula is C67H106N6O26. The average Bonchev–Trinajstić information content (AvgIpc) is 1.76. The summed E-state index contributed by atoms with van der Waals surface area (Å²) in [6.45, 7) is 30.3. The van der Waals surface area contributed by atoms with E-state index in [-0.39, 0.29) is 140 Å². The number of methoxy groups -OCH3 is 2. The third kappa shape index (κ3) is 31.8. The van der Waals surface area contributed by atoms with Gasteiger partial charge in [0, 0.05) is 52.0 Å². The van der Waals surface area contributed by atoms with Gasteiger partial charge in [-0.15, -0.1) is 6.42 Å². The van der Waals surface area contributed by atoms with Gasteiger partial charge in [0.15, 0.2) is 29.9 Å². The second-order valence-electron chi connectivity index (χ2n) is 26.1. The molecule has 0 bridgehead atoms. The molecule has 0 aromatic heterocycles. The van der Waals surface area contributed by atoms with Gasteiger partial charge in [-0.1, -0.05) is 26.0 Å². The standard InChI is InChI=1S/C67H106N6O26/c1-18-26-84-32-34-88-36-37-89-35-33-87-29-23-52(75)73(24-30-85-27-19-21-53(76)94-57(50-40-90-66(12,13)96-50)56-42(2)46(38-48(92-56)60(78)82-16)68-43(3)70-62(80)98-64(6,7)8)25-31-86-28-20-22-54(77)95-58(51-41-91-67(14,15)97-51)59-55(72-45(5)74)47(39-49(93-59)61(79)83-17)69-44(4)71-63(81)99-65(9,10)11/h1,38-39,42,46-47,50-51,55-59,68-69H,3-4,19-37,40-41H2,2,5-17H3,(H,70,80)(H,71,81)(H,72,74)/t42-,46+,47+,50-,51-,55-,56-,57-,58-,59-/m1/s1. The first-order valence-corrected chi connectivity index (χ1v) is 32.9. The van der Waals surface area contributed by atoms with Gasteiger partial charge < -0.3 is 106 Å². The van der Waals surface area contributed by atoms with E-state index >= 15 is 0 Å². The minimum atomic E-state index is -1.33. The van der Waals surface area contributed by atoms with Crippen LogP contribution in [-0.4, -0.2) is 250 Å². The molecule has 2 fully saturated rings. The summed E-state index contributed by atoms with van der Waals surface area (Å²) in [6, 6.07) is -2.85. The van der Waals surface area contributed by atoms with Gasteiger partial charge in [0.1, 0.15) is 47.8 Å². The Morgan fingerprint density at radius 2 is 1.01 bits per heavy atom. The predicted molar refractivity (Wildman–Crippen MR) is 351 cm³/mol. The normalized spacial score (nSPS) is 22.2. The molecule has 5 N–H and O–H groups in total. The molecule has 0 aliphatic carbocycles. The van der Waals surface area contributed by atoms with E-state index in [1.165, 1.54) is 26.2 Å². The van der Waals surface area contributed by atoms with Crippen molar-refractivity contribution in [3.63, 3.8) is 0 Å². The molecule has 0 aromatic rings. The van der Waals surface area contributed by atoms with Crippen LogP contribution in [0.1, 0.15) is 115 Å². The number of carbonyl (C=O) groups is 8. The monoisotopic (exact) mass is 1410 g/mol. The van der Waals surface area contributed by atoms with Crippen LogP contribution in [-0.2, 0) is 114 Å². The number of esters is 4. The van der Waals surface area contributed by atoms with Gasteiger partial charge in [0.25, 0.3) is 0 Å². The molecule has 32 nitrogen and oxygen atoms in total. The maximum Gasteiger partial charge on any atom is 0.413 e. The Morgan fingerprint density at radius 1 is 0.596 bits per heavy atom. The molecule has 4 aliphatic heterocycles. The highest BCUT2D eigenvalue weighted by Gasteiger charge is 2.52. The van der Waals surface area contributed by atoms with E-state index in [1.54, 1.807) is 81.1 Å². The van der Waals surface area contributed by atoms with Crippen LogP contribution in [0.25, 0.3) is 0 Å². The quantitative estimate of drug-likeness (QED) is 0.0252. The minimum Gasteiger partial charge on any atom is -0.479 e. The summed E-state index contributed by atoms with van der Waals surface area (Å²) < 4.78 is 103. The Balaban J connectivity index is 1.39. The average molecular weight is 1410 g/mol. The second kappa shape index (κ2) is 41.4. The minimum absolute atomic E-state index is 0.00830. The molecule has 0 radical (unpaired) electrons. The van der Waals surface area contributed by atoms with E-state index in [9.17, 15) is 38.4 Å². The van der Waals surface area contributed by atoms with Crippen molar-refractivity contribution in [2.45, 2.75) is 193 Å². The van der Waals surface area contributed by atoms with Crippen LogP contribution in [0.3, 0.4) is 0 Å². The van der Waals surface area contributed by atoms with Crippen molar-refractivity contribution in [2.24, 2.45) is 5.92 Å². The van der Waals surface area contributed by atoms with E-state index in [1.807, 2.05) is 0 Å². The molecular weight excluding hydrogens is 1300 g/mol. The summed E-state index contributed by atoms with van der Waals surface area (Å²) in [5.41, 5.74) is -1.64. The summed E-state index contributed by atoms with van der Waals surface area (Å²) in [6.07, 6.45) is -0.136. The molecule has 0 unspecified atom stereocenters. The number of terminal acetylenes is 1. The highest BCUT2D eigenvalue weighted by atomic mass is 16.8. The SMILES string of the molecule is C#CCOCCOCCOCCOCCC(=O)N(CCOCCCC(=O)O[C@@H]([C@@H]1OC(C(=O)OC)=C[C@H](NC(=C)NC(=O)OC(C)(C)C)[C@H]1C)[C@H]1COC(C)(C)O1)CCOCCCC(=O)O[C@@H]([C@@H]1OC(C(=O)OC)=C[C@H](NC(=C)NC(=O)OC(C)(C)C)[C@H]1NC(C)=O)[C@H]1COC(C)(C)O1. The van der Waals surface area contributed by atoms with E-state index in [0.717, 1.165) is 7.11 Å². The Labute approximate surface area is 580 Å². The van der Waals surface area contributed by atoms with Crippen molar-refractivity contribution < 1.29 is 124 Å². The maximum absolute atomic E-state index is 13.9. The van der Waals surface area contributed by atoms with Gasteiger partial charge in [-0.25, -0.2) is 19.2 Å². The number of amides is 4. The zero-order valence-corrected chi connectivity index (χ0v) is 59.8. The number of nitrogens with zero attached hydrogens (tertiary/aromatic N) is 1. The molecule has 4 rings (SSSR count). The zero-order valence-electron chi connectivity index (χ0n) is 59.8. The Bertz CT molecular complexity index is 2770. The Morgan fingerprint density at radius 3 is 1.43 bits per heavy atom. The van der Waals surface area contributed by atoms with Crippen molar-refractivity contribution in [2.75, 3.05) is 120 Å². The molecule has 10 atom stereocenters. The number of ether oxygens (including phenoxy) is 18. The predicted octanol–water partition coefficient (Wildman–Crippen LogP) is 3.59. The van der Waals surface area contributed by atoms with E-state index in [0.29, 0.717) is 26.4 Å². The Kier molecular flexibility index (Phi) is 35.2. The van der Waals surface area contributed by atoms with Crippen molar-refractivity contribution in [3.8, 4) is 12.3 Å². The summed E-state index contributed by atoms with van der Waals surface area (Å²) >= 11 is 0. The lowest BCUT2D eigenvalue weighted by Gasteiger charge is -2.42. The molecule has 4 aliphatic rings. The highest BCUT2D eigenvalue weighted by molar-refractivity contribution is 5.87. The van der Waals surface area contributed by atoms with Crippen LogP contribution in [0.4, 0.5) is 9.59 Å². The third-order valence-electron chi connectivity index (χ3n) is 14.6. The van der Waals surface area contributed by atoms with Gasteiger partial charge in [-0.3, -0.25) is 29.8 Å². The van der Waals surface area contributed by atoms with Crippen LogP contribution in [0.2, 0.25) is 0 Å². The molecule has 2 saturated heterocycles. The number of rotatable bonds is 42. The summed E-state index contributed by atoms with van der Waals surface area (Å²) in [4.78, 5) is 107. The fraction of sp³-hybridized carbons (Fsp3) is 0.731. The number of alkyl carbamates (subject to hydrolysis) is 2. The van der Waals surface area contributed by atoms with Crippen LogP contribution >= 0.6 is 0 Å². The molecule has 32 heteroatoms. The molecule has 4 heterocycles. The Hall–Kier alpha value is -7.32. The first-order chi connectivity index (χ1) is 46.6. The van der Waals surface area contributed by atoms with Crippen LogP contribution in [0.5, 0.6) is 0 Å². The van der Waals surface area contributed by atoms with Gasteiger partial charge in [0.05, 0.1) is 111 Å². The number of carbonyl (C=O) groups excluding carboxylic acids is 8. The van der Waals surface area contributed by atoms with Crippen molar-refractivity contribution in [1.82, 2.24) is 31.5 Å². The number of hydrogen-bond acceptors (Lipinski definition) is 28. The molecule has 0 saturated carbocycles. The zero-order chi connectivity index (χ0) is 73.5. The van der Waals surface area contributed by atoms with Crippen LogP contribution in [0, 0.1) is 18.3 Å².